The van der Waals surface area contributed by atoms with Crippen LogP contribution in [-0.2, 0) is 6.54 Å². The highest BCUT2D eigenvalue weighted by Crippen LogP contribution is 2.22. The Balaban J connectivity index is 2.75. The van der Waals surface area contributed by atoms with Crippen molar-refractivity contribution >= 4 is 11.8 Å². The van der Waals surface area contributed by atoms with Gasteiger partial charge in [-0.1, -0.05) is 18.7 Å². The van der Waals surface area contributed by atoms with E-state index in [1.165, 1.54) is 16.3 Å². The van der Waals surface area contributed by atoms with Crippen molar-refractivity contribution in [1.82, 2.24) is 14.5 Å². The first-order valence-corrected chi connectivity index (χ1v) is 7.29. The molecule has 20 heavy (non-hydrogen) atoms. The molecule has 5 nitrogen and oxygen atoms in total. The van der Waals surface area contributed by atoms with Crippen LogP contribution in [0.1, 0.15) is 19.4 Å². The number of pyridine rings is 1. The van der Waals surface area contributed by atoms with Gasteiger partial charge in [0.25, 0.3) is 5.56 Å². The molecule has 0 saturated heterocycles. The molecule has 2 aromatic rings. The predicted octanol–water partition coefficient (Wildman–Crippen LogP) is 2.31. The summed E-state index contributed by atoms with van der Waals surface area (Å²) in [5, 5.41) is 9.92. The van der Waals surface area contributed by atoms with Crippen molar-refractivity contribution in [3.63, 3.8) is 0 Å². The summed E-state index contributed by atoms with van der Waals surface area (Å²) in [6.45, 7) is 4.37. The van der Waals surface area contributed by atoms with Gasteiger partial charge in [0.05, 0.1) is 5.69 Å². The van der Waals surface area contributed by atoms with E-state index in [-0.39, 0.29) is 11.1 Å². The lowest BCUT2D eigenvalue weighted by molar-refractivity contribution is 0.622. The lowest BCUT2D eigenvalue weighted by atomic mass is 10.1. The zero-order valence-electron chi connectivity index (χ0n) is 11.3. The lowest BCUT2D eigenvalue weighted by Gasteiger charge is -2.12. The summed E-state index contributed by atoms with van der Waals surface area (Å²) < 4.78 is 1.54. The first kappa shape index (κ1) is 14.3. The molecule has 0 unspecified atom stereocenters. The quantitative estimate of drug-likeness (QED) is 0.637. The smallest absolute Gasteiger partial charge is 0.272 e. The van der Waals surface area contributed by atoms with Gasteiger partial charge in [-0.15, -0.1) is 0 Å². The Morgan fingerprint density at radius 2 is 2.05 bits per heavy atom. The molecule has 0 aromatic carbocycles. The molecule has 2 rings (SSSR count). The molecule has 0 amide bonds. The molecular weight excluding hydrogens is 272 g/mol. The van der Waals surface area contributed by atoms with Crippen molar-refractivity contribution in [2.24, 2.45) is 0 Å². The van der Waals surface area contributed by atoms with E-state index in [0.29, 0.717) is 17.4 Å². The summed E-state index contributed by atoms with van der Waals surface area (Å²) in [5.74, 6) is 0.814. The Morgan fingerprint density at radius 1 is 1.35 bits per heavy atom. The Hall–Kier alpha value is -2.13. The molecule has 0 atom stereocenters. The molecule has 6 heteroatoms. The number of aromatic nitrogens is 3. The average Bonchev–Trinajstić information content (AvgIpc) is 2.48. The standard InChI is InChI=1S/C14H14N4OS/c1-3-18-13(19)11(9-15)12(17-14(18)20-4-2)10-5-7-16-8-6-10/h5-8H,3-4H2,1-2H3. The van der Waals surface area contributed by atoms with Crippen LogP contribution in [0.5, 0.6) is 0 Å². The highest BCUT2D eigenvalue weighted by molar-refractivity contribution is 7.99. The molecule has 0 saturated carbocycles. The van der Waals surface area contributed by atoms with Crippen LogP contribution in [0.15, 0.2) is 34.5 Å². The van der Waals surface area contributed by atoms with Gasteiger partial charge in [0.15, 0.2) is 5.16 Å². The second-order valence-corrected chi connectivity index (χ2v) is 5.18. The van der Waals surface area contributed by atoms with E-state index in [9.17, 15) is 10.1 Å². The molecular formula is C14H14N4OS. The Bertz CT molecular complexity index is 704. The molecule has 102 valence electrons. The third kappa shape index (κ3) is 2.58. The Morgan fingerprint density at radius 3 is 2.60 bits per heavy atom. The molecule has 0 radical (unpaired) electrons. The van der Waals surface area contributed by atoms with Gasteiger partial charge in [0.2, 0.25) is 0 Å². The molecule has 2 heterocycles. The maximum Gasteiger partial charge on any atom is 0.272 e. The second kappa shape index (κ2) is 6.35. The van der Waals surface area contributed by atoms with Crippen molar-refractivity contribution in [3.8, 4) is 17.3 Å². The molecule has 0 N–H and O–H groups in total. The summed E-state index contributed by atoms with van der Waals surface area (Å²) in [5.41, 5.74) is 0.960. The van der Waals surface area contributed by atoms with E-state index in [2.05, 4.69) is 9.97 Å². The largest absolute Gasteiger partial charge is 0.287 e. The molecule has 0 bridgehead atoms. The lowest BCUT2D eigenvalue weighted by Crippen LogP contribution is -2.26. The maximum absolute atomic E-state index is 12.4. The third-order valence-electron chi connectivity index (χ3n) is 2.79. The van der Waals surface area contributed by atoms with Crippen LogP contribution in [0.3, 0.4) is 0 Å². The predicted molar refractivity (Wildman–Crippen MR) is 78.5 cm³/mol. The summed E-state index contributed by atoms with van der Waals surface area (Å²) in [7, 11) is 0. The van der Waals surface area contributed by atoms with Gasteiger partial charge in [-0.05, 0) is 24.8 Å². The molecule has 0 aliphatic carbocycles. The van der Waals surface area contributed by atoms with Crippen LogP contribution in [0.2, 0.25) is 0 Å². The number of thioether (sulfide) groups is 1. The average molecular weight is 286 g/mol. The highest BCUT2D eigenvalue weighted by atomic mass is 32.2. The van der Waals surface area contributed by atoms with E-state index in [4.69, 9.17) is 0 Å². The van der Waals surface area contributed by atoms with Gasteiger partial charge in [-0.2, -0.15) is 5.26 Å². The van der Waals surface area contributed by atoms with E-state index in [0.717, 1.165) is 11.3 Å². The summed E-state index contributed by atoms with van der Waals surface area (Å²) in [4.78, 5) is 20.8. The molecule has 0 aliphatic rings. The fourth-order valence-corrected chi connectivity index (χ4v) is 2.65. The number of hydrogen-bond donors (Lipinski definition) is 0. The van der Waals surface area contributed by atoms with Gasteiger partial charge in [0, 0.05) is 24.5 Å². The number of rotatable bonds is 4. The van der Waals surface area contributed by atoms with E-state index < -0.39 is 0 Å². The summed E-state index contributed by atoms with van der Waals surface area (Å²) in [6, 6.07) is 5.48. The molecule has 0 spiro atoms. The normalized spacial score (nSPS) is 10.2. The topological polar surface area (TPSA) is 71.6 Å². The minimum Gasteiger partial charge on any atom is -0.287 e. The monoisotopic (exact) mass is 286 g/mol. The Kier molecular flexibility index (Phi) is 4.53. The van der Waals surface area contributed by atoms with E-state index in [1.807, 2.05) is 19.9 Å². The van der Waals surface area contributed by atoms with Crippen molar-refractivity contribution < 1.29 is 0 Å². The van der Waals surface area contributed by atoms with Crippen molar-refractivity contribution in [2.45, 2.75) is 25.5 Å². The minimum absolute atomic E-state index is 0.0819. The van der Waals surface area contributed by atoms with Gasteiger partial charge in [-0.3, -0.25) is 14.3 Å². The highest BCUT2D eigenvalue weighted by Gasteiger charge is 2.16. The van der Waals surface area contributed by atoms with Gasteiger partial charge in [-0.25, -0.2) is 4.98 Å². The van der Waals surface area contributed by atoms with Crippen LogP contribution in [0.25, 0.3) is 11.3 Å². The molecule has 2 aromatic heterocycles. The van der Waals surface area contributed by atoms with Crippen molar-refractivity contribution in [1.29, 1.82) is 5.26 Å². The SMILES string of the molecule is CCSc1nc(-c2ccncc2)c(C#N)c(=O)n1CC. The van der Waals surface area contributed by atoms with Gasteiger partial charge in [0.1, 0.15) is 11.6 Å². The second-order valence-electron chi connectivity index (χ2n) is 3.95. The zero-order chi connectivity index (χ0) is 14.5. The van der Waals surface area contributed by atoms with Crippen LogP contribution in [-0.4, -0.2) is 20.3 Å². The van der Waals surface area contributed by atoms with E-state index >= 15 is 0 Å². The molecule has 0 aliphatic heterocycles. The number of nitriles is 1. The number of nitrogens with zero attached hydrogens (tertiary/aromatic N) is 4. The summed E-state index contributed by atoms with van der Waals surface area (Å²) >= 11 is 1.50. The Labute approximate surface area is 121 Å². The maximum atomic E-state index is 12.4. The number of hydrogen-bond acceptors (Lipinski definition) is 5. The molecule has 0 fully saturated rings. The first-order valence-electron chi connectivity index (χ1n) is 6.31. The van der Waals surface area contributed by atoms with Crippen molar-refractivity contribution in [2.75, 3.05) is 5.75 Å². The zero-order valence-corrected chi connectivity index (χ0v) is 12.1. The summed E-state index contributed by atoms with van der Waals surface area (Å²) in [6.07, 6.45) is 3.24. The van der Waals surface area contributed by atoms with Gasteiger partial charge < -0.3 is 0 Å². The first-order chi connectivity index (χ1) is 9.72. The minimum atomic E-state index is -0.284. The van der Waals surface area contributed by atoms with Gasteiger partial charge >= 0.3 is 0 Å². The van der Waals surface area contributed by atoms with E-state index in [1.54, 1.807) is 24.5 Å². The van der Waals surface area contributed by atoms with Crippen molar-refractivity contribution in [3.05, 3.63) is 40.4 Å². The van der Waals surface area contributed by atoms with Crippen LogP contribution in [0, 0.1) is 11.3 Å². The fourth-order valence-electron chi connectivity index (χ4n) is 1.87. The van der Waals surface area contributed by atoms with Crippen LogP contribution < -0.4 is 5.56 Å². The van der Waals surface area contributed by atoms with Crippen LogP contribution >= 0.6 is 11.8 Å². The van der Waals surface area contributed by atoms with Crippen LogP contribution in [0.4, 0.5) is 0 Å². The third-order valence-corrected chi connectivity index (χ3v) is 3.65. The fraction of sp³-hybridized carbons (Fsp3) is 0.286.